The first kappa shape index (κ1) is 17.0. The molecular weight excluding hydrogens is 316 g/mol. The average molecular weight is 338 g/mol. The van der Waals surface area contributed by atoms with Gasteiger partial charge < -0.3 is 15.0 Å². The highest BCUT2D eigenvalue weighted by Gasteiger charge is 2.25. The Labute approximate surface area is 147 Å². The lowest BCUT2D eigenvalue weighted by Crippen LogP contribution is -2.40. The van der Waals surface area contributed by atoms with Gasteiger partial charge in [-0.1, -0.05) is 48.5 Å². The van der Waals surface area contributed by atoms with Gasteiger partial charge in [-0.15, -0.1) is 0 Å². The molecule has 1 heterocycles. The molecule has 2 aromatic rings. The Balaban J connectivity index is 1.62. The normalized spacial score (nSPS) is 15.0. The van der Waals surface area contributed by atoms with Gasteiger partial charge in [-0.25, -0.2) is 0 Å². The number of hydrogen-bond donors (Lipinski definition) is 1. The van der Waals surface area contributed by atoms with Crippen molar-refractivity contribution < 1.29 is 14.3 Å². The number of carbonyl (C=O) groups is 2. The van der Waals surface area contributed by atoms with Gasteiger partial charge in [-0.3, -0.25) is 9.59 Å². The van der Waals surface area contributed by atoms with Crippen LogP contribution in [0, 0.1) is 0 Å². The molecule has 1 N–H and O–H groups in total. The van der Waals surface area contributed by atoms with Gasteiger partial charge in [0.25, 0.3) is 5.91 Å². The summed E-state index contributed by atoms with van der Waals surface area (Å²) < 4.78 is 5.50. The summed E-state index contributed by atoms with van der Waals surface area (Å²) in [5.74, 6) is 0.601. The summed E-state index contributed by atoms with van der Waals surface area (Å²) in [6.45, 7) is 1.18. The van der Waals surface area contributed by atoms with Crippen LogP contribution in [0.3, 0.4) is 0 Å². The Morgan fingerprint density at radius 1 is 1.08 bits per heavy atom. The summed E-state index contributed by atoms with van der Waals surface area (Å²) in [5.41, 5.74) is 0.982. The minimum Gasteiger partial charge on any atom is -0.484 e. The van der Waals surface area contributed by atoms with Crippen molar-refractivity contribution in [1.82, 2.24) is 10.2 Å². The SMILES string of the molecule is O=C(COc1ccccc1)N[C@H](CN1CCCC1=O)c1ccccc1. The van der Waals surface area contributed by atoms with Crippen molar-refractivity contribution in [2.45, 2.75) is 18.9 Å². The molecule has 1 fully saturated rings. The van der Waals surface area contributed by atoms with Gasteiger partial charge in [0.05, 0.1) is 6.04 Å². The Bertz CT molecular complexity index is 703. The van der Waals surface area contributed by atoms with Gasteiger partial charge in [0, 0.05) is 19.5 Å². The van der Waals surface area contributed by atoms with E-state index in [4.69, 9.17) is 4.74 Å². The molecule has 0 spiro atoms. The number of nitrogens with zero attached hydrogens (tertiary/aromatic N) is 1. The van der Waals surface area contributed by atoms with Crippen molar-refractivity contribution in [3.05, 3.63) is 66.2 Å². The van der Waals surface area contributed by atoms with E-state index in [-0.39, 0.29) is 24.5 Å². The van der Waals surface area contributed by atoms with E-state index in [9.17, 15) is 9.59 Å². The van der Waals surface area contributed by atoms with E-state index >= 15 is 0 Å². The van der Waals surface area contributed by atoms with Crippen LogP contribution in [0.5, 0.6) is 5.75 Å². The molecule has 0 aromatic heterocycles. The molecule has 0 aliphatic carbocycles. The van der Waals surface area contributed by atoms with Crippen LogP contribution in [0.2, 0.25) is 0 Å². The molecule has 0 bridgehead atoms. The molecular formula is C20H22N2O3. The number of amides is 2. The topological polar surface area (TPSA) is 58.6 Å². The summed E-state index contributed by atoms with van der Waals surface area (Å²) >= 11 is 0. The van der Waals surface area contributed by atoms with E-state index in [0.717, 1.165) is 18.5 Å². The number of nitrogens with one attached hydrogen (secondary N) is 1. The maximum Gasteiger partial charge on any atom is 0.258 e. The summed E-state index contributed by atoms with van der Waals surface area (Å²) in [6, 6.07) is 18.7. The van der Waals surface area contributed by atoms with E-state index in [1.54, 1.807) is 0 Å². The van der Waals surface area contributed by atoms with Gasteiger partial charge in [0.1, 0.15) is 5.75 Å². The molecule has 2 aromatic carbocycles. The molecule has 1 aliphatic rings. The first-order valence-corrected chi connectivity index (χ1v) is 8.52. The molecule has 0 unspecified atom stereocenters. The van der Waals surface area contributed by atoms with Crippen molar-refractivity contribution in [3.8, 4) is 5.75 Å². The number of rotatable bonds is 7. The Morgan fingerprint density at radius 2 is 1.76 bits per heavy atom. The zero-order valence-corrected chi connectivity index (χ0v) is 14.1. The van der Waals surface area contributed by atoms with Gasteiger partial charge in [-0.05, 0) is 24.1 Å². The van der Waals surface area contributed by atoms with Crippen LogP contribution in [0.4, 0.5) is 0 Å². The molecule has 1 aliphatic heterocycles. The largest absolute Gasteiger partial charge is 0.484 e. The summed E-state index contributed by atoms with van der Waals surface area (Å²) in [6.07, 6.45) is 1.47. The Morgan fingerprint density at radius 3 is 2.40 bits per heavy atom. The van der Waals surface area contributed by atoms with Crippen LogP contribution in [0.15, 0.2) is 60.7 Å². The van der Waals surface area contributed by atoms with Gasteiger partial charge in [-0.2, -0.15) is 0 Å². The number of hydrogen-bond acceptors (Lipinski definition) is 3. The Hall–Kier alpha value is -2.82. The highest BCUT2D eigenvalue weighted by Crippen LogP contribution is 2.18. The van der Waals surface area contributed by atoms with Crippen molar-refractivity contribution in [2.75, 3.05) is 19.7 Å². The maximum absolute atomic E-state index is 12.3. The van der Waals surface area contributed by atoms with Crippen LogP contribution in [-0.4, -0.2) is 36.4 Å². The summed E-state index contributed by atoms with van der Waals surface area (Å²) in [4.78, 5) is 26.1. The molecule has 5 heteroatoms. The second-order valence-electron chi connectivity index (χ2n) is 6.08. The van der Waals surface area contributed by atoms with Crippen LogP contribution >= 0.6 is 0 Å². The highest BCUT2D eigenvalue weighted by molar-refractivity contribution is 5.79. The van der Waals surface area contributed by atoms with Crippen molar-refractivity contribution >= 4 is 11.8 Å². The third kappa shape index (κ3) is 4.83. The zero-order chi connectivity index (χ0) is 17.5. The fourth-order valence-electron chi connectivity index (χ4n) is 2.94. The minimum absolute atomic E-state index is 0.0543. The van der Waals surface area contributed by atoms with E-state index in [2.05, 4.69) is 5.32 Å². The quantitative estimate of drug-likeness (QED) is 0.844. The number of ether oxygens (including phenoxy) is 1. The second-order valence-corrected chi connectivity index (χ2v) is 6.08. The van der Waals surface area contributed by atoms with Gasteiger partial charge >= 0.3 is 0 Å². The molecule has 0 radical (unpaired) electrons. The van der Waals surface area contributed by atoms with Gasteiger partial charge in [0.15, 0.2) is 6.61 Å². The smallest absolute Gasteiger partial charge is 0.258 e. The molecule has 1 atom stereocenters. The number of carbonyl (C=O) groups excluding carboxylic acids is 2. The standard InChI is InChI=1S/C20H22N2O3/c23-19(15-25-17-10-5-2-6-11-17)21-18(16-8-3-1-4-9-16)14-22-13-7-12-20(22)24/h1-6,8-11,18H,7,12-15H2,(H,21,23)/t18-/m1/s1. The first-order chi connectivity index (χ1) is 12.2. The van der Waals surface area contributed by atoms with Crippen LogP contribution in [0.1, 0.15) is 24.4 Å². The van der Waals surface area contributed by atoms with Crippen LogP contribution in [0.25, 0.3) is 0 Å². The number of likely N-dealkylation sites (tertiary alicyclic amines) is 1. The molecule has 5 nitrogen and oxygen atoms in total. The second kappa shape index (κ2) is 8.33. The average Bonchev–Trinajstić information content (AvgIpc) is 3.06. The van der Waals surface area contributed by atoms with E-state index in [1.807, 2.05) is 65.6 Å². The summed E-state index contributed by atoms with van der Waals surface area (Å²) in [5, 5.41) is 2.99. The molecule has 1 saturated heterocycles. The predicted molar refractivity (Wildman–Crippen MR) is 95.1 cm³/mol. The van der Waals surface area contributed by atoms with Crippen molar-refractivity contribution in [2.24, 2.45) is 0 Å². The van der Waals surface area contributed by atoms with E-state index in [0.29, 0.717) is 18.7 Å². The third-order valence-corrected chi connectivity index (χ3v) is 4.22. The lowest BCUT2D eigenvalue weighted by atomic mass is 10.1. The molecule has 130 valence electrons. The number of benzene rings is 2. The molecule has 0 saturated carbocycles. The zero-order valence-electron chi connectivity index (χ0n) is 14.1. The van der Waals surface area contributed by atoms with Crippen molar-refractivity contribution in [3.63, 3.8) is 0 Å². The number of para-hydroxylation sites is 1. The predicted octanol–water partition coefficient (Wildman–Crippen LogP) is 2.55. The van der Waals surface area contributed by atoms with E-state index < -0.39 is 0 Å². The monoisotopic (exact) mass is 338 g/mol. The lowest BCUT2D eigenvalue weighted by molar-refractivity contribution is -0.129. The van der Waals surface area contributed by atoms with Crippen LogP contribution < -0.4 is 10.1 Å². The summed E-state index contributed by atoms with van der Waals surface area (Å²) in [7, 11) is 0. The van der Waals surface area contributed by atoms with E-state index in [1.165, 1.54) is 0 Å². The van der Waals surface area contributed by atoms with Gasteiger partial charge in [0.2, 0.25) is 5.91 Å². The van der Waals surface area contributed by atoms with Crippen LogP contribution in [-0.2, 0) is 9.59 Å². The third-order valence-electron chi connectivity index (χ3n) is 4.22. The van der Waals surface area contributed by atoms with Crippen molar-refractivity contribution in [1.29, 1.82) is 0 Å². The molecule has 25 heavy (non-hydrogen) atoms. The maximum atomic E-state index is 12.3. The molecule has 2 amide bonds. The fraction of sp³-hybridized carbons (Fsp3) is 0.300. The minimum atomic E-state index is -0.241. The lowest BCUT2D eigenvalue weighted by Gasteiger charge is -2.25. The molecule has 3 rings (SSSR count). The fourth-order valence-corrected chi connectivity index (χ4v) is 2.94. The highest BCUT2D eigenvalue weighted by atomic mass is 16.5. The Kier molecular flexibility index (Phi) is 5.67. The first-order valence-electron chi connectivity index (χ1n) is 8.52.